The lowest BCUT2D eigenvalue weighted by Crippen LogP contribution is -2.41. The zero-order chi connectivity index (χ0) is 19.7. The van der Waals surface area contributed by atoms with E-state index in [1.54, 1.807) is 6.92 Å². The Morgan fingerprint density at radius 1 is 1.19 bits per heavy atom. The maximum absolute atomic E-state index is 13.0. The number of nitrogens with two attached hydrogens (primary N) is 1. The average Bonchev–Trinajstić information content (AvgIpc) is 2.97. The van der Waals surface area contributed by atoms with Crippen molar-refractivity contribution >= 4 is 24.1 Å². The molecule has 1 amide bonds. The molecule has 0 radical (unpaired) electrons. The molecule has 2 aromatic rings. The van der Waals surface area contributed by atoms with E-state index in [0.29, 0.717) is 17.0 Å². The number of alkyl halides is 5. The van der Waals surface area contributed by atoms with Gasteiger partial charge < -0.3 is 11.1 Å². The summed E-state index contributed by atoms with van der Waals surface area (Å²) in [6, 6.07) is 0. The number of carbonyl (C=O) groups is 1. The molecule has 2 aromatic heterocycles. The number of rotatable bonds is 6. The lowest BCUT2D eigenvalue weighted by molar-refractivity contribution is -0.144. The first kappa shape index (κ1) is 23.0. The van der Waals surface area contributed by atoms with Crippen LogP contribution in [0.5, 0.6) is 0 Å². The second-order valence-electron chi connectivity index (χ2n) is 5.74. The summed E-state index contributed by atoms with van der Waals surface area (Å²) in [6.07, 6.45) is -4.75. The van der Waals surface area contributed by atoms with Gasteiger partial charge in [-0.3, -0.25) is 4.79 Å². The Morgan fingerprint density at radius 2 is 1.81 bits per heavy atom. The molecule has 152 valence electrons. The van der Waals surface area contributed by atoms with Crippen molar-refractivity contribution in [2.45, 2.75) is 38.8 Å². The lowest BCUT2D eigenvalue weighted by atomic mass is 10.1. The molecule has 27 heavy (non-hydrogen) atoms. The summed E-state index contributed by atoms with van der Waals surface area (Å²) >= 11 is 0. The van der Waals surface area contributed by atoms with Gasteiger partial charge in [0.05, 0.1) is 13.1 Å². The molecule has 7 nitrogen and oxygen atoms in total. The Balaban J connectivity index is 0.00000364. The van der Waals surface area contributed by atoms with Crippen LogP contribution in [-0.4, -0.2) is 44.5 Å². The maximum atomic E-state index is 13.0. The van der Waals surface area contributed by atoms with Crippen LogP contribution < -0.4 is 11.1 Å². The number of carbonyl (C=O) groups excluding carboxylic acids is 1. The molecule has 0 saturated carbocycles. The molecule has 0 aliphatic carbocycles. The molecule has 0 aliphatic rings. The number of hydrogen-bond donors (Lipinski definition) is 2. The van der Waals surface area contributed by atoms with Crippen molar-refractivity contribution in [1.29, 1.82) is 0 Å². The summed E-state index contributed by atoms with van der Waals surface area (Å²) in [5, 5.41) is 5.47. The Kier molecular flexibility index (Phi) is 7.05. The van der Waals surface area contributed by atoms with Gasteiger partial charge in [-0.1, -0.05) is 0 Å². The maximum Gasteiger partial charge on any atom is 0.453 e. The molecule has 0 aromatic carbocycles. The third-order valence-corrected chi connectivity index (χ3v) is 3.75. The van der Waals surface area contributed by atoms with Crippen molar-refractivity contribution in [2.75, 3.05) is 13.1 Å². The molecule has 0 bridgehead atoms. The number of nitrogens with zero attached hydrogens (tertiary/aromatic N) is 4. The molecule has 0 spiro atoms. The molecule has 0 aliphatic heterocycles. The average molecular weight is 417 g/mol. The molecular weight excluding hydrogens is 399 g/mol. The van der Waals surface area contributed by atoms with E-state index < -0.39 is 36.9 Å². The zero-order valence-corrected chi connectivity index (χ0v) is 15.2. The van der Waals surface area contributed by atoms with Gasteiger partial charge in [-0.05, 0) is 25.8 Å². The van der Waals surface area contributed by atoms with E-state index >= 15 is 0 Å². The summed E-state index contributed by atoms with van der Waals surface area (Å²) in [4.78, 5) is 19.0. The number of aromatic nitrogens is 4. The largest absolute Gasteiger partial charge is 0.453 e. The molecule has 0 unspecified atom stereocenters. The van der Waals surface area contributed by atoms with Crippen molar-refractivity contribution in [3.8, 4) is 0 Å². The summed E-state index contributed by atoms with van der Waals surface area (Å²) in [7, 11) is 0. The molecule has 13 heteroatoms. The van der Waals surface area contributed by atoms with Crippen molar-refractivity contribution < 1.29 is 26.7 Å². The molecule has 2 rings (SSSR count). The van der Waals surface area contributed by atoms with Crippen LogP contribution in [0.2, 0.25) is 0 Å². The van der Waals surface area contributed by atoms with Crippen LogP contribution in [0.25, 0.3) is 5.78 Å². The van der Waals surface area contributed by atoms with Crippen molar-refractivity contribution in [3.63, 3.8) is 0 Å². The van der Waals surface area contributed by atoms with E-state index in [4.69, 9.17) is 5.73 Å². The Morgan fingerprint density at radius 3 is 2.37 bits per heavy atom. The van der Waals surface area contributed by atoms with Gasteiger partial charge in [0.1, 0.15) is 0 Å². The Labute approximate surface area is 156 Å². The van der Waals surface area contributed by atoms with E-state index in [-0.39, 0.29) is 31.0 Å². The Hall–Kier alpha value is -2.08. The van der Waals surface area contributed by atoms with Crippen molar-refractivity contribution in [1.82, 2.24) is 24.9 Å². The minimum atomic E-state index is -4.71. The molecule has 2 heterocycles. The van der Waals surface area contributed by atoms with E-state index in [9.17, 15) is 26.7 Å². The highest BCUT2D eigenvalue weighted by molar-refractivity contribution is 5.85. The van der Waals surface area contributed by atoms with Crippen LogP contribution >= 0.6 is 12.4 Å². The number of fused-ring (bicyclic) bond motifs is 1. The number of hydrogen-bond acceptors (Lipinski definition) is 5. The minimum Gasteiger partial charge on any atom is -0.350 e. The highest BCUT2D eigenvalue weighted by Gasteiger charge is 2.37. The van der Waals surface area contributed by atoms with E-state index in [2.05, 4.69) is 20.4 Å². The summed E-state index contributed by atoms with van der Waals surface area (Å²) in [5.74, 6) is -5.35. The quantitative estimate of drug-likeness (QED) is 0.700. The summed E-state index contributed by atoms with van der Waals surface area (Å²) in [6.45, 7) is 1.31. The molecule has 0 fully saturated rings. The summed E-state index contributed by atoms with van der Waals surface area (Å²) in [5.41, 5.74) is 6.10. The van der Waals surface area contributed by atoms with E-state index in [1.165, 1.54) is 6.92 Å². The smallest absolute Gasteiger partial charge is 0.350 e. The first-order valence-electron chi connectivity index (χ1n) is 7.59. The van der Waals surface area contributed by atoms with Crippen LogP contribution in [0.4, 0.5) is 22.0 Å². The fourth-order valence-corrected chi connectivity index (χ4v) is 2.32. The number of halogens is 6. The number of nitrogens with one attached hydrogen (secondary N) is 1. The molecule has 0 saturated heterocycles. The SMILES string of the molecule is Cc1nc2nc(C(F)(F)F)nn2c(C)c1CCC(=O)NCC(F)(F)CN.Cl. The predicted molar refractivity (Wildman–Crippen MR) is 87.8 cm³/mol. The second-order valence-corrected chi connectivity index (χ2v) is 5.74. The van der Waals surface area contributed by atoms with Crippen LogP contribution in [0.15, 0.2) is 0 Å². The minimum absolute atomic E-state index is 0. The van der Waals surface area contributed by atoms with Crippen molar-refractivity contribution in [3.05, 3.63) is 22.8 Å². The first-order valence-corrected chi connectivity index (χ1v) is 7.59. The fraction of sp³-hybridized carbons (Fsp3) is 0.571. The van der Waals surface area contributed by atoms with Gasteiger partial charge >= 0.3 is 6.18 Å². The topological polar surface area (TPSA) is 98.2 Å². The Bertz CT molecular complexity index is 822. The normalized spacial score (nSPS) is 12.1. The molecule has 0 atom stereocenters. The fourth-order valence-electron chi connectivity index (χ4n) is 2.32. The monoisotopic (exact) mass is 416 g/mol. The van der Waals surface area contributed by atoms with Gasteiger partial charge in [-0.15, -0.1) is 17.5 Å². The van der Waals surface area contributed by atoms with Gasteiger partial charge in [0, 0.05) is 17.8 Å². The van der Waals surface area contributed by atoms with Gasteiger partial charge in [-0.2, -0.15) is 18.2 Å². The number of amides is 1. The van der Waals surface area contributed by atoms with E-state index in [1.807, 2.05) is 0 Å². The zero-order valence-electron chi connectivity index (χ0n) is 14.4. The van der Waals surface area contributed by atoms with Crippen molar-refractivity contribution in [2.24, 2.45) is 5.73 Å². The third kappa shape index (κ3) is 5.45. The highest BCUT2D eigenvalue weighted by Crippen LogP contribution is 2.27. The number of aryl methyl sites for hydroxylation is 2. The van der Waals surface area contributed by atoms with Crippen LogP contribution in [0.1, 0.15) is 29.2 Å². The second kappa shape index (κ2) is 8.30. The van der Waals surface area contributed by atoms with Crippen LogP contribution in [0.3, 0.4) is 0 Å². The molecular formula is C14H18ClF5N6O. The van der Waals surface area contributed by atoms with Gasteiger partial charge in [0.25, 0.3) is 17.5 Å². The third-order valence-electron chi connectivity index (χ3n) is 3.75. The van der Waals surface area contributed by atoms with Crippen LogP contribution in [-0.2, 0) is 17.4 Å². The predicted octanol–water partition coefficient (Wildman–Crippen LogP) is 1.82. The van der Waals surface area contributed by atoms with Gasteiger partial charge in [-0.25, -0.2) is 18.3 Å². The van der Waals surface area contributed by atoms with Gasteiger partial charge in [0.2, 0.25) is 5.91 Å². The van der Waals surface area contributed by atoms with E-state index in [0.717, 1.165) is 4.52 Å². The highest BCUT2D eigenvalue weighted by atomic mass is 35.5. The first-order chi connectivity index (χ1) is 11.9. The van der Waals surface area contributed by atoms with Gasteiger partial charge in [0.15, 0.2) is 0 Å². The molecule has 3 N–H and O–H groups in total. The summed E-state index contributed by atoms with van der Waals surface area (Å²) < 4.78 is 65.2. The lowest BCUT2D eigenvalue weighted by Gasteiger charge is -2.15. The van der Waals surface area contributed by atoms with Crippen LogP contribution in [0, 0.1) is 13.8 Å². The standard InChI is InChI=1S/C14H17F5N6O.ClH/c1-7-9(3-4-10(26)21-6-13(15,16)5-20)8(2)25-12(22-7)23-11(24-25)14(17,18)19;/h3-6,20H2,1-2H3,(H,21,26);1H.